The van der Waals surface area contributed by atoms with Crippen LogP contribution in [-0.2, 0) is 19.3 Å². The number of aryl methyl sites for hydroxylation is 2. The molecule has 1 aliphatic carbocycles. The van der Waals surface area contributed by atoms with Crippen molar-refractivity contribution in [2.75, 3.05) is 0 Å². The highest BCUT2D eigenvalue weighted by Gasteiger charge is 2.12. The Morgan fingerprint density at radius 3 is 2.75 bits per heavy atom. The second kappa shape index (κ2) is 5.68. The summed E-state index contributed by atoms with van der Waals surface area (Å²) >= 11 is 0. The molecule has 0 amide bonds. The zero-order valence-electron chi connectivity index (χ0n) is 11.9. The molecule has 0 fully saturated rings. The summed E-state index contributed by atoms with van der Waals surface area (Å²) in [6.07, 6.45) is 4.48. The molecule has 0 heterocycles. The molecular formula is C18H21NO. The van der Waals surface area contributed by atoms with Crippen LogP contribution in [0.1, 0.15) is 30.0 Å². The van der Waals surface area contributed by atoms with Crippen LogP contribution in [0.4, 0.5) is 0 Å². The van der Waals surface area contributed by atoms with E-state index in [0.717, 1.165) is 17.9 Å². The summed E-state index contributed by atoms with van der Waals surface area (Å²) in [7, 11) is 0. The van der Waals surface area contributed by atoms with Gasteiger partial charge in [-0.05, 0) is 67.5 Å². The van der Waals surface area contributed by atoms with E-state index < -0.39 is 0 Å². The van der Waals surface area contributed by atoms with Crippen molar-refractivity contribution >= 4 is 0 Å². The third-order valence-corrected chi connectivity index (χ3v) is 3.81. The maximum Gasteiger partial charge on any atom is 0.130 e. The maximum absolute atomic E-state index is 6.08. The summed E-state index contributed by atoms with van der Waals surface area (Å²) < 4.78 is 6.08. The molecule has 3 rings (SSSR count). The minimum absolute atomic E-state index is 0.139. The molecule has 20 heavy (non-hydrogen) atoms. The van der Waals surface area contributed by atoms with Gasteiger partial charge in [-0.1, -0.05) is 24.3 Å². The normalized spacial score (nSPS) is 14.9. The van der Waals surface area contributed by atoms with Gasteiger partial charge in [0.05, 0.1) is 0 Å². The van der Waals surface area contributed by atoms with Gasteiger partial charge in [0.25, 0.3) is 0 Å². The lowest BCUT2D eigenvalue weighted by Gasteiger charge is -2.13. The Morgan fingerprint density at radius 1 is 1.10 bits per heavy atom. The van der Waals surface area contributed by atoms with Gasteiger partial charge < -0.3 is 10.5 Å². The average Bonchev–Trinajstić information content (AvgIpc) is 2.88. The minimum Gasteiger partial charge on any atom is -0.457 e. The van der Waals surface area contributed by atoms with Gasteiger partial charge in [-0.25, -0.2) is 0 Å². The summed E-state index contributed by atoms with van der Waals surface area (Å²) in [5.41, 5.74) is 9.98. The molecule has 1 atom stereocenters. The number of hydrogen-bond donors (Lipinski definition) is 1. The van der Waals surface area contributed by atoms with Crippen LogP contribution in [0.15, 0.2) is 42.5 Å². The molecule has 2 N–H and O–H groups in total. The van der Waals surface area contributed by atoms with Crippen molar-refractivity contribution in [3.05, 3.63) is 59.2 Å². The van der Waals surface area contributed by atoms with E-state index in [9.17, 15) is 0 Å². The number of hydrogen-bond acceptors (Lipinski definition) is 2. The fourth-order valence-corrected chi connectivity index (χ4v) is 2.86. The molecule has 104 valence electrons. The lowest BCUT2D eigenvalue weighted by molar-refractivity contribution is 0.473. The van der Waals surface area contributed by atoms with Gasteiger partial charge in [0.15, 0.2) is 0 Å². The first-order valence-electron chi connectivity index (χ1n) is 7.35. The molecule has 0 radical (unpaired) electrons. The zero-order valence-corrected chi connectivity index (χ0v) is 11.9. The molecule has 0 spiro atoms. The van der Waals surface area contributed by atoms with E-state index >= 15 is 0 Å². The van der Waals surface area contributed by atoms with E-state index in [2.05, 4.69) is 24.3 Å². The van der Waals surface area contributed by atoms with Crippen molar-refractivity contribution in [3.63, 3.8) is 0 Å². The maximum atomic E-state index is 6.08. The monoisotopic (exact) mass is 267 g/mol. The Bertz CT molecular complexity index is 604. The van der Waals surface area contributed by atoms with Crippen LogP contribution in [0.5, 0.6) is 11.5 Å². The van der Waals surface area contributed by atoms with Crippen LogP contribution in [-0.4, -0.2) is 6.04 Å². The van der Waals surface area contributed by atoms with Crippen LogP contribution in [0.3, 0.4) is 0 Å². The van der Waals surface area contributed by atoms with Crippen LogP contribution < -0.4 is 10.5 Å². The Kier molecular flexibility index (Phi) is 3.75. The van der Waals surface area contributed by atoms with Gasteiger partial charge in [0.1, 0.15) is 11.5 Å². The van der Waals surface area contributed by atoms with E-state index in [1.807, 2.05) is 25.1 Å². The highest BCUT2D eigenvalue weighted by Crippen LogP contribution is 2.30. The summed E-state index contributed by atoms with van der Waals surface area (Å²) in [5, 5.41) is 0. The lowest BCUT2D eigenvalue weighted by Crippen LogP contribution is -2.18. The van der Waals surface area contributed by atoms with Gasteiger partial charge >= 0.3 is 0 Å². The molecular weight excluding hydrogens is 246 g/mol. The van der Waals surface area contributed by atoms with E-state index in [1.54, 1.807) is 0 Å². The number of rotatable bonds is 4. The highest BCUT2D eigenvalue weighted by atomic mass is 16.5. The number of fused-ring (bicyclic) bond motifs is 1. The van der Waals surface area contributed by atoms with E-state index in [1.165, 1.54) is 36.0 Å². The molecule has 0 aromatic heterocycles. The fourth-order valence-electron chi connectivity index (χ4n) is 2.86. The molecule has 2 heteroatoms. The van der Waals surface area contributed by atoms with Crippen LogP contribution in [0.2, 0.25) is 0 Å². The molecule has 2 aromatic rings. The first-order chi connectivity index (χ1) is 9.72. The molecule has 0 saturated heterocycles. The van der Waals surface area contributed by atoms with E-state index in [4.69, 9.17) is 10.5 Å². The number of para-hydroxylation sites is 1. The molecule has 1 aliphatic rings. The second-order valence-electron chi connectivity index (χ2n) is 5.68. The van der Waals surface area contributed by atoms with Gasteiger partial charge in [-0.3, -0.25) is 0 Å². The van der Waals surface area contributed by atoms with Gasteiger partial charge in [0.2, 0.25) is 0 Å². The summed E-state index contributed by atoms with van der Waals surface area (Å²) in [5.74, 6) is 1.85. The highest BCUT2D eigenvalue weighted by molar-refractivity contribution is 5.42. The molecule has 0 bridgehead atoms. The predicted octanol–water partition coefficient (Wildman–Crippen LogP) is 3.86. The van der Waals surface area contributed by atoms with Gasteiger partial charge in [-0.2, -0.15) is 0 Å². The molecule has 1 unspecified atom stereocenters. The quantitative estimate of drug-likeness (QED) is 0.913. The average molecular weight is 267 g/mol. The SMILES string of the molecule is CC(N)Cc1ccccc1Oc1ccc2c(c1)CCC2. The Hall–Kier alpha value is -1.80. The van der Waals surface area contributed by atoms with Crippen molar-refractivity contribution in [2.45, 2.75) is 38.6 Å². The van der Waals surface area contributed by atoms with Crippen molar-refractivity contribution < 1.29 is 4.74 Å². The number of ether oxygens (including phenoxy) is 1. The Balaban J connectivity index is 1.84. The van der Waals surface area contributed by atoms with E-state index in [0.29, 0.717) is 0 Å². The largest absolute Gasteiger partial charge is 0.457 e. The van der Waals surface area contributed by atoms with Gasteiger partial charge in [0, 0.05) is 6.04 Å². The predicted molar refractivity (Wildman–Crippen MR) is 82.3 cm³/mol. The second-order valence-corrected chi connectivity index (χ2v) is 5.68. The topological polar surface area (TPSA) is 35.2 Å². The number of benzene rings is 2. The van der Waals surface area contributed by atoms with Crippen molar-refractivity contribution in [1.29, 1.82) is 0 Å². The number of nitrogens with two attached hydrogens (primary N) is 1. The standard InChI is InChI=1S/C18H21NO/c1-13(19)11-16-5-2-3-8-18(16)20-17-10-9-14-6-4-7-15(14)12-17/h2-3,5,8-10,12-13H,4,6-7,11,19H2,1H3. The third-order valence-electron chi connectivity index (χ3n) is 3.81. The first-order valence-corrected chi connectivity index (χ1v) is 7.35. The summed E-state index contributed by atoms with van der Waals surface area (Å²) in [6.45, 7) is 2.02. The summed E-state index contributed by atoms with van der Waals surface area (Å²) in [4.78, 5) is 0. The fraction of sp³-hybridized carbons (Fsp3) is 0.333. The molecule has 0 saturated carbocycles. The first kappa shape index (κ1) is 13.2. The smallest absolute Gasteiger partial charge is 0.130 e. The molecule has 2 nitrogen and oxygen atoms in total. The lowest BCUT2D eigenvalue weighted by atomic mass is 10.1. The third kappa shape index (κ3) is 2.86. The van der Waals surface area contributed by atoms with Crippen molar-refractivity contribution in [3.8, 4) is 11.5 Å². The van der Waals surface area contributed by atoms with Crippen LogP contribution in [0.25, 0.3) is 0 Å². The van der Waals surface area contributed by atoms with Gasteiger partial charge in [-0.15, -0.1) is 0 Å². The van der Waals surface area contributed by atoms with Crippen LogP contribution in [0, 0.1) is 0 Å². The Morgan fingerprint density at radius 2 is 1.90 bits per heavy atom. The molecule has 0 aliphatic heterocycles. The van der Waals surface area contributed by atoms with E-state index in [-0.39, 0.29) is 6.04 Å². The zero-order chi connectivity index (χ0) is 13.9. The van der Waals surface area contributed by atoms with Crippen molar-refractivity contribution in [1.82, 2.24) is 0 Å². The van der Waals surface area contributed by atoms with Crippen molar-refractivity contribution in [2.24, 2.45) is 5.73 Å². The molecule has 2 aromatic carbocycles. The Labute approximate surface area is 120 Å². The van der Waals surface area contributed by atoms with Crippen LogP contribution >= 0.6 is 0 Å². The minimum atomic E-state index is 0.139. The summed E-state index contributed by atoms with van der Waals surface area (Å²) in [6, 6.07) is 14.8.